The van der Waals surface area contributed by atoms with Gasteiger partial charge in [0, 0.05) is 6.42 Å². The van der Waals surface area contributed by atoms with Crippen molar-refractivity contribution in [3.05, 3.63) is 23.3 Å². The van der Waals surface area contributed by atoms with E-state index in [1.165, 1.54) is 50.5 Å². The van der Waals surface area contributed by atoms with Gasteiger partial charge in [-0.05, 0) is 96.4 Å². The maximum Gasteiger partial charge on any atom is 0.307 e. The van der Waals surface area contributed by atoms with Gasteiger partial charge in [0.1, 0.15) is 0 Å². The van der Waals surface area contributed by atoms with Crippen molar-refractivity contribution in [2.45, 2.75) is 105 Å². The van der Waals surface area contributed by atoms with Gasteiger partial charge in [0.2, 0.25) is 0 Å². The Hall–Kier alpha value is -1.58. The second-order valence-corrected chi connectivity index (χ2v) is 13.5. The van der Waals surface area contributed by atoms with E-state index in [4.69, 9.17) is 0 Å². The molecule has 4 nitrogen and oxygen atoms in total. The highest BCUT2D eigenvalue weighted by atomic mass is 16.4. The normalized spacial score (nSPS) is 39.2. The van der Waals surface area contributed by atoms with Crippen LogP contribution in [0.25, 0.3) is 0 Å². The fraction of sp³-hybridized carbons (Fsp3) is 0.806. The van der Waals surface area contributed by atoms with E-state index in [0.29, 0.717) is 23.7 Å². The molecule has 8 atom stereocenters. The van der Waals surface area contributed by atoms with Crippen molar-refractivity contribution in [1.82, 2.24) is 0 Å². The summed E-state index contributed by atoms with van der Waals surface area (Å²) < 4.78 is 0. The van der Waals surface area contributed by atoms with Crippen LogP contribution in [0, 0.1) is 52.3 Å². The van der Waals surface area contributed by atoms with E-state index >= 15 is 0 Å². The molecule has 0 bridgehead atoms. The molecule has 0 saturated heterocycles. The smallest absolute Gasteiger partial charge is 0.307 e. The van der Waals surface area contributed by atoms with Crippen LogP contribution in [0.4, 0.5) is 0 Å². The summed E-state index contributed by atoms with van der Waals surface area (Å²) in [6, 6.07) is 0. The zero-order valence-corrected chi connectivity index (χ0v) is 22.7. The zero-order chi connectivity index (χ0) is 25.5. The summed E-state index contributed by atoms with van der Waals surface area (Å²) in [6.07, 6.45) is 15.5. The van der Waals surface area contributed by atoms with E-state index in [2.05, 4.69) is 46.8 Å². The van der Waals surface area contributed by atoms with Gasteiger partial charge in [-0.2, -0.15) is 0 Å². The Kier molecular flexibility index (Phi) is 7.61. The maximum absolute atomic E-state index is 11.9. The average molecular weight is 485 g/mol. The average Bonchev–Trinajstić information content (AvgIpc) is 3.11. The van der Waals surface area contributed by atoms with Gasteiger partial charge in [0.25, 0.3) is 0 Å². The van der Waals surface area contributed by atoms with Gasteiger partial charge in [-0.3, -0.25) is 9.59 Å². The summed E-state index contributed by atoms with van der Waals surface area (Å²) in [5, 5.41) is 19.2. The summed E-state index contributed by atoms with van der Waals surface area (Å²) in [6.45, 7) is 12.1. The summed E-state index contributed by atoms with van der Waals surface area (Å²) >= 11 is 0. The molecule has 0 aromatic heterocycles. The summed E-state index contributed by atoms with van der Waals surface area (Å²) in [5.74, 6) is 2.63. The predicted octanol–water partition coefficient (Wildman–Crippen LogP) is 7.74. The Morgan fingerprint density at radius 1 is 1.03 bits per heavy atom. The van der Waals surface area contributed by atoms with Crippen molar-refractivity contribution in [1.29, 1.82) is 0 Å². The number of hydrogen-bond acceptors (Lipinski definition) is 2. The van der Waals surface area contributed by atoms with E-state index < -0.39 is 11.9 Å². The molecule has 4 rings (SSSR count). The van der Waals surface area contributed by atoms with Gasteiger partial charge < -0.3 is 10.2 Å². The Morgan fingerprint density at radius 3 is 2.43 bits per heavy atom. The Balaban J connectivity index is 1.59. The molecule has 0 aliphatic heterocycles. The molecule has 2 N–H and O–H groups in total. The number of allylic oxidation sites excluding steroid dienone is 3. The van der Waals surface area contributed by atoms with Crippen LogP contribution in [-0.2, 0) is 9.59 Å². The van der Waals surface area contributed by atoms with Crippen LogP contribution in [-0.4, -0.2) is 22.2 Å². The van der Waals surface area contributed by atoms with Crippen LogP contribution in [0.1, 0.15) is 105 Å². The number of aliphatic carboxylic acids is 2. The van der Waals surface area contributed by atoms with E-state index in [1.54, 1.807) is 0 Å². The first-order valence-electron chi connectivity index (χ1n) is 14.3. The third-order valence-electron chi connectivity index (χ3n) is 11.2. The number of carboxylic acids is 2. The largest absolute Gasteiger partial charge is 0.481 e. The Labute approximate surface area is 212 Å². The third-order valence-corrected chi connectivity index (χ3v) is 11.2. The molecule has 0 aromatic carbocycles. The predicted molar refractivity (Wildman–Crippen MR) is 140 cm³/mol. The number of rotatable bonds is 9. The fourth-order valence-electron chi connectivity index (χ4n) is 9.45. The Morgan fingerprint density at radius 2 is 1.77 bits per heavy atom. The van der Waals surface area contributed by atoms with Gasteiger partial charge in [-0.1, -0.05) is 71.6 Å². The molecule has 4 aliphatic rings. The molecular weight excluding hydrogens is 436 g/mol. The molecule has 0 amide bonds. The second kappa shape index (κ2) is 10.1. The number of hydrogen-bond donors (Lipinski definition) is 2. The Bertz CT molecular complexity index is 884. The number of fused-ring (bicyclic) bond motifs is 5. The number of carboxylic acid groups (broad SMARTS) is 2. The van der Waals surface area contributed by atoms with Crippen molar-refractivity contribution in [2.24, 2.45) is 52.3 Å². The van der Waals surface area contributed by atoms with Crippen LogP contribution < -0.4 is 0 Å². The standard InChI is InChI=1S/C31H48O4/c1-19(2)7-6-8-20(3)25-11-12-26-24-10-9-22-15-21(17-28(32)33)16-23(18-29(34)35)31(22,5)27(24)13-14-30(25,26)4/h9,15,19-20,23-27H,6-8,10-14,16-18H2,1-5H3,(H,32,33)(H,34,35)/t20-,23?,24+,25-,26+,27+,30-,31-/m1/s1. The molecular formula is C31H48O4. The molecule has 2 saturated carbocycles. The van der Waals surface area contributed by atoms with Gasteiger partial charge in [-0.15, -0.1) is 0 Å². The first kappa shape index (κ1) is 26.5. The van der Waals surface area contributed by atoms with Crippen LogP contribution in [0.5, 0.6) is 0 Å². The molecule has 0 radical (unpaired) electrons. The maximum atomic E-state index is 11.9. The van der Waals surface area contributed by atoms with Crippen LogP contribution in [0.2, 0.25) is 0 Å². The highest BCUT2D eigenvalue weighted by Crippen LogP contribution is 2.68. The first-order chi connectivity index (χ1) is 16.5. The van der Waals surface area contributed by atoms with Gasteiger partial charge >= 0.3 is 11.9 Å². The van der Waals surface area contributed by atoms with Crippen LogP contribution in [0.3, 0.4) is 0 Å². The lowest BCUT2D eigenvalue weighted by atomic mass is 9.45. The van der Waals surface area contributed by atoms with E-state index in [9.17, 15) is 19.8 Å². The van der Waals surface area contributed by atoms with Crippen LogP contribution in [0.15, 0.2) is 23.3 Å². The molecule has 4 heteroatoms. The first-order valence-corrected chi connectivity index (χ1v) is 14.3. The molecule has 1 unspecified atom stereocenters. The molecule has 4 aliphatic carbocycles. The van der Waals surface area contributed by atoms with Gasteiger partial charge in [-0.25, -0.2) is 0 Å². The van der Waals surface area contributed by atoms with Crippen molar-refractivity contribution in [2.75, 3.05) is 0 Å². The molecule has 0 spiro atoms. The summed E-state index contributed by atoms with van der Waals surface area (Å²) in [7, 11) is 0. The highest BCUT2D eigenvalue weighted by Gasteiger charge is 2.60. The van der Waals surface area contributed by atoms with Crippen molar-refractivity contribution in [3.8, 4) is 0 Å². The topological polar surface area (TPSA) is 74.6 Å². The molecule has 0 aromatic rings. The molecule has 0 heterocycles. The zero-order valence-electron chi connectivity index (χ0n) is 22.7. The summed E-state index contributed by atoms with van der Waals surface area (Å²) in [5.41, 5.74) is 2.36. The van der Waals surface area contributed by atoms with Crippen molar-refractivity contribution in [3.63, 3.8) is 0 Å². The lowest BCUT2D eigenvalue weighted by Crippen LogP contribution is -2.52. The van der Waals surface area contributed by atoms with Gasteiger partial charge in [0.15, 0.2) is 0 Å². The second-order valence-electron chi connectivity index (χ2n) is 13.5. The van der Waals surface area contributed by atoms with Crippen molar-refractivity contribution < 1.29 is 19.8 Å². The van der Waals surface area contributed by atoms with E-state index in [0.717, 1.165) is 35.7 Å². The SMILES string of the molecule is CC(C)CCC[C@@H](C)[C@H]1CC[C@H]2[C@@H]3CC=C4C=C(CC(=O)O)CC(CC(=O)O)[C@]4(C)[C@H]3CC[C@]12C. The summed E-state index contributed by atoms with van der Waals surface area (Å²) in [4.78, 5) is 23.3. The minimum Gasteiger partial charge on any atom is -0.481 e. The van der Waals surface area contributed by atoms with E-state index in [-0.39, 0.29) is 24.2 Å². The molecule has 2 fully saturated rings. The quantitative estimate of drug-likeness (QED) is 0.351. The van der Waals surface area contributed by atoms with Gasteiger partial charge in [0.05, 0.1) is 6.42 Å². The van der Waals surface area contributed by atoms with Crippen molar-refractivity contribution >= 4 is 11.9 Å². The minimum atomic E-state index is -0.823. The lowest BCUT2D eigenvalue weighted by Gasteiger charge is -2.59. The third kappa shape index (κ3) is 4.88. The van der Waals surface area contributed by atoms with E-state index in [1.807, 2.05) is 0 Å². The molecule has 35 heavy (non-hydrogen) atoms. The van der Waals surface area contributed by atoms with Crippen LogP contribution >= 0.6 is 0 Å². The molecule has 196 valence electrons. The monoisotopic (exact) mass is 484 g/mol. The lowest BCUT2D eigenvalue weighted by molar-refractivity contribution is -0.140. The fourth-order valence-corrected chi connectivity index (χ4v) is 9.45. The highest BCUT2D eigenvalue weighted by molar-refractivity contribution is 5.71. The number of carbonyl (C=O) groups is 2. The minimum absolute atomic E-state index is 0.0186.